The van der Waals surface area contributed by atoms with Crippen molar-refractivity contribution in [2.75, 3.05) is 13.1 Å². The minimum absolute atomic E-state index is 0.0394. The van der Waals surface area contributed by atoms with Gasteiger partial charge in [-0.2, -0.15) is 0 Å². The monoisotopic (exact) mass is 183 g/mol. The summed E-state index contributed by atoms with van der Waals surface area (Å²) < 4.78 is 0. The van der Waals surface area contributed by atoms with Crippen molar-refractivity contribution >= 4 is 5.91 Å². The normalized spacial score (nSPS) is 27.4. The second kappa shape index (κ2) is 2.98. The van der Waals surface area contributed by atoms with Gasteiger partial charge in [-0.05, 0) is 25.7 Å². The highest BCUT2D eigenvalue weighted by atomic mass is 16.3. The largest absolute Gasteiger partial charge is 0.393 e. The Bertz CT molecular complexity index is 215. The van der Waals surface area contributed by atoms with E-state index in [9.17, 15) is 9.90 Å². The molecule has 0 radical (unpaired) electrons. The Morgan fingerprint density at radius 2 is 1.92 bits per heavy atom. The number of piperidine rings is 1. The van der Waals surface area contributed by atoms with E-state index >= 15 is 0 Å². The molecule has 1 aliphatic heterocycles. The second-order valence-electron chi connectivity index (χ2n) is 4.58. The molecule has 0 atom stereocenters. The van der Waals surface area contributed by atoms with E-state index < -0.39 is 0 Å². The molecule has 0 aromatic carbocycles. The number of carbonyl (C=O) groups excluding carboxylic acids is 1. The second-order valence-corrected chi connectivity index (χ2v) is 4.58. The molecule has 1 heterocycles. The molecule has 0 spiro atoms. The van der Waals surface area contributed by atoms with E-state index in [1.165, 1.54) is 0 Å². The Hall–Kier alpha value is -0.570. The van der Waals surface area contributed by atoms with Crippen LogP contribution in [0.5, 0.6) is 0 Å². The molecule has 0 aromatic rings. The molecule has 2 aliphatic rings. The van der Waals surface area contributed by atoms with Crippen LogP contribution >= 0.6 is 0 Å². The summed E-state index contributed by atoms with van der Waals surface area (Å²) in [4.78, 5) is 13.7. The molecule has 1 N–H and O–H groups in total. The fourth-order valence-electron chi connectivity index (χ4n) is 1.85. The number of amides is 1. The van der Waals surface area contributed by atoms with Crippen molar-refractivity contribution in [2.24, 2.45) is 5.41 Å². The summed E-state index contributed by atoms with van der Waals surface area (Å²) in [5.74, 6) is 0.305. The van der Waals surface area contributed by atoms with Gasteiger partial charge >= 0.3 is 0 Å². The van der Waals surface area contributed by atoms with Crippen molar-refractivity contribution in [3.63, 3.8) is 0 Å². The van der Waals surface area contributed by atoms with Crippen molar-refractivity contribution in [1.82, 2.24) is 4.90 Å². The molecule has 0 unspecified atom stereocenters. The highest BCUT2D eigenvalue weighted by molar-refractivity contribution is 5.84. The van der Waals surface area contributed by atoms with Crippen LogP contribution in [0.4, 0.5) is 0 Å². The van der Waals surface area contributed by atoms with Gasteiger partial charge in [0.2, 0.25) is 5.91 Å². The zero-order chi connectivity index (χ0) is 9.47. The zero-order valence-corrected chi connectivity index (χ0v) is 8.12. The molecule has 3 heteroatoms. The topological polar surface area (TPSA) is 40.5 Å². The van der Waals surface area contributed by atoms with E-state index in [0.29, 0.717) is 5.91 Å². The quantitative estimate of drug-likeness (QED) is 0.652. The Labute approximate surface area is 78.7 Å². The molecule has 2 fully saturated rings. The van der Waals surface area contributed by atoms with Gasteiger partial charge in [0.15, 0.2) is 0 Å². The van der Waals surface area contributed by atoms with Crippen LogP contribution in [-0.4, -0.2) is 35.1 Å². The average molecular weight is 183 g/mol. The zero-order valence-electron chi connectivity index (χ0n) is 8.12. The van der Waals surface area contributed by atoms with Gasteiger partial charge < -0.3 is 10.0 Å². The van der Waals surface area contributed by atoms with Gasteiger partial charge in [-0.25, -0.2) is 0 Å². The predicted octanol–water partition coefficient (Wildman–Crippen LogP) is 0.770. The first kappa shape index (κ1) is 9.00. The van der Waals surface area contributed by atoms with E-state index in [1.807, 2.05) is 11.8 Å². The van der Waals surface area contributed by atoms with Crippen LogP contribution in [0, 0.1) is 5.41 Å². The third kappa shape index (κ3) is 1.70. The van der Waals surface area contributed by atoms with E-state index in [1.54, 1.807) is 0 Å². The molecule has 13 heavy (non-hydrogen) atoms. The lowest BCUT2D eigenvalue weighted by Crippen LogP contribution is -2.43. The molecule has 2 rings (SSSR count). The van der Waals surface area contributed by atoms with Gasteiger partial charge in [0, 0.05) is 18.5 Å². The predicted molar refractivity (Wildman–Crippen MR) is 49.2 cm³/mol. The molecule has 1 amide bonds. The first-order valence-electron chi connectivity index (χ1n) is 5.09. The SMILES string of the molecule is CC1(C(=O)N2CCC(O)CC2)CC1. The number of aliphatic hydroxyl groups excluding tert-OH is 1. The minimum Gasteiger partial charge on any atom is -0.393 e. The Morgan fingerprint density at radius 1 is 1.38 bits per heavy atom. The van der Waals surface area contributed by atoms with Gasteiger partial charge in [-0.3, -0.25) is 4.79 Å². The average Bonchev–Trinajstić information content (AvgIpc) is 2.85. The van der Waals surface area contributed by atoms with E-state index in [0.717, 1.165) is 38.8 Å². The van der Waals surface area contributed by atoms with Gasteiger partial charge in [0.1, 0.15) is 0 Å². The lowest BCUT2D eigenvalue weighted by Gasteiger charge is -2.31. The fraction of sp³-hybridized carbons (Fsp3) is 0.900. The fourth-order valence-corrected chi connectivity index (χ4v) is 1.85. The number of rotatable bonds is 1. The number of hydrogen-bond acceptors (Lipinski definition) is 2. The number of aliphatic hydroxyl groups is 1. The first-order chi connectivity index (χ1) is 6.12. The number of carbonyl (C=O) groups is 1. The lowest BCUT2D eigenvalue weighted by atomic mass is 10.0. The maximum Gasteiger partial charge on any atom is 0.228 e. The van der Waals surface area contributed by atoms with Gasteiger partial charge in [-0.1, -0.05) is 6.92 Å². The summed E-state index contributed by atoms with van der Waals surface area (Å²) in [6.45, 7) is 3.53. The van der Waals surface area contributed by atoms with Crippen LogP contribution in [-0.2, 0) is 4.79 Å². The van der Waals surface area contributed by atoms with E-state index in [4.69, 9.17) is 0 Å². The minimum atomic E-state index is -0.184. The molecule has 1 aliphatic carbocycles. The Balaban J connectivity index is 1.91. The Kier molecular flexibility index (Phi) is 2.06. The Morgan fingerprint density at radius 3 is 2.38 bits per heavy atom. The smallest absolute Gasteiger partial charge is 0.228 e. The molecule has 1 saturated heterocycles. The van der Waals surface area contributed by atoms with Crippen molar-refractivity contribution in [1.29, 1.82) is 0 Å². The molecule has 3 nitrogen and oxygen atoms in total. The van der Waals surface area contributed by atoms with Crippen LogP contribution < -0.4 is 0 Å². The van der Waals surface area contributed by atoms with Gasteiger partial charge in [0.25, 0.3) is 0 Å². The number of likely N-dealkylation sites (tertiary alicyclic amines) is 1. The van der Waals surface area contributed by atoms with Crippen LogP contribution in [0.1, 0.15) is 32.6 Å². The standard InChI is InChI=1S/C10H17NO2/c1-10(4-5-10)9(13)11-6-2-8(12)3-7-11/h8,12H,2-7H2,1H3. The molecular formula is C10H17NO2. The first-order valence-corrected chi connectivity index (χ1v) is 5.09. The van der Waals surface area contributed by atoms with Gasteiger partial charge in [0.05, 0.1) is 6.10 Å². The van der Waals surface area contributed by atoms with Crippen molar-refractivity contribution in [3.05, 3.63) is 0 Å². The van der Waals surface area contributed by atoms with Crippen LogP contribution in [0.15, 0.2) is 0 Å². The molecule has 74 valence electrons. The van der Waals surface area contributed by atoms with E-state index in [-0.39, 0.29) is 11.5 Å². The number of nitrogens with zero attached hydrogens (tertiary/aromatic N) is 1. The molecule has 1 saturated carbocycles. The summed E-state index contributed by atoms with van der Waals surface area (Å²) in [5.41, 5.74) is -0.0394. The third-order valence-electron chi connectivity index (χ3n) is 3.27. The maximum atomic E-state index is 11.8. The van der Waals surface area contributed by atoms with Crippen molar-refractivity contribution < 1.29 is 9.90 Å². The number of hydrogen-bond donors (Lipinski definition) is 1. The van der Waals surface area contributed by atoms with Crippen LogP contribution in [0.25, 0.3) is 0 Å². The summed E-state index contributed by atoms with van der Waals surface area (Å²) in [7, 11) is 0. The summed E-state index contributed by atoms with van der Waals surface area (Å²) in [6.07, 6.45) is 3.41. The van der Waals surface area contributed by atoms with Crippen LogP contribution in [0.2, 0.25) is 0 Å². The van der Waals surface area contributed by atoms with E-state index in [2.05, 4.69) is 0 Å². The maximum absolute atomic E-state index is 11.8. The third-order valence-corrected chi connectivity index (χ3v) is 3.27. The lowest BCUT2D eigenvalue weighted by molar-refractivity contribution is -0.138. The molecular weight excluding hydrogens is 166 g/mol. The highest BCUT2D eigenvalue weighted by Gasteiger charge is 2.47. The highest BCUT2D eigenvalue weighted by Crippen LogP contribution is 2.46. The molecule has 0 bridgehead atoms. The summed E-state index contributed by atoms with van der Waals surface area (Å²) in [5, 5.41) is 9.29. The van der Waals surface area contributed by atoms with Crippen molar-refractivity contribution in [3.8, 4) is 0 Å². The summed E-state index contributed by atoms with van der Waals surface area (Å²) in [6, 6.07) is 0. The summed E-state index contributed by atoms with van der Waals surface area (Å²) >= 11 is 0. The van der Waals surface area contributed by atoms with Crippen LogP contribution in [0.3, 0.4) is 0 Å². The molecule has 0 aromatic heterocycles. The van der Waals surface area contributed by atoms with Gasteiger partial charge in [-0.15, -0.1) is 0 Å². The van der Waals surface area contributed by atoms with Crippen molar-refractivity contribution in [2.45, 2.75) is 38.7 Å².